The number of hydrogen-bond acceptors (Lipinski definition) is 4. The summed E-state index contributed by atoms with van der Waals surface area (Å²) in [6.45, 7) is 3.17. The van der Waals surface area contributed by atoms with Crippen molar-refractivity contribution in [3.63, 3.8) is 0 Å². The molecule has 2 amide bonds. The SMILES string of the molecule is O=C(CN1CCC(C(=O)N2CCSCC2)C1)Nc1ccccc1F. The van der Waals surface area contributed by atoms with Crippen molar-refractivity contribution in [2.24, 2.45) is 5.92 Å². The predicted octanol–water partition coefficient (Wildman–Crippen LogP) is 1.66. The van der Waals surface area contributed by atoms with Gasteiger partial charge in [-0.2, -0.15) is 11.8 Å². The number of anilines is 1. The molecule has 24 heavy (non-hydrogen) atoms. The molecular formula is C17H22FN3O2S. The summed E-state index contributed by atoms with van der Waals surface area (Å²) in [5, 5.41) is 2.59. The van der Waals surface area contributed by atoms with Crippen molar-refractivity contribution in [1.29, 1.82) is 0 Å². The Morgan fingerprint density at radius 1 is 1.21 bits per heavy atom. The standard InChI is InChI=1S/C17H22FN3O2S/c18-14-3-1-2-4-15(14)19-16(22)12-20-6-5-13(11-20)17(23)21-7-9-24-10-8-21/h1-4,13H,5-12H2,(H,19,22). The van der Waals surface area contributed by atoms with E-state index in [4.69, 9.17) is 0 Å². The molecule has 2 aliphatic heterocycles. The summed E-state index contributed by atoms with van der Waals surface area (Å²) in [7, 11) is 0. The molecule has 1 N–H and O–H groups in total. The lowest BCUT2D eigenvalue weighted by molar-refractivity contribution is -0.134. The fourth-order valence-electron chi connectivity index (χ4n) is 3.18. The van der Waals surface area contributed by atoms with Crippen LogP contribution in [-0.2, 0) is 9.59 Å². The fourth-order valence-corrected chi connectivity index (χ4v) is 4.08. The normalized spacial score (nSPS) is 21.7. The maximum Gasteiger partial charge on any atom is 0.238 e. The maximum atomic E-state index is 13.6. The summed E-state index contributed by atoms with van der Waals surface area (Å²) in [4.78, 5) is 28.5. The number of rotatable bonds is 4. The predicted molar refractivity (Wildman–Crippen MR) is 93.5 cm³/mol. The molecule has 0 radical (unpaired) electrons. The minimum absolute atomic E-state index is 0.0191. The molecule has 2 fully saturated rings. The lowest BCUT2D eigenvalue weighted by Gasteiger charge is -2.28. The van der Waals surface area contributed by atoms with Gasteiger partial charge >= 0.3 is 0 Å². The summed E-state index contributed by atoms with van der Waals surface area (Å²) in [5.74, 6) is 1.52. The van der Waals surface area contributed by atoms with E-state index in [2.05, 4.69) is 5.32 Å². The Balaban J connectivity index is 1.48. The third-order valence-electron chi connectivity index (χ3n) is 4.46. The van der Waals surface area contributed by atoms with Gasteiger partial charge in [-0.05, 0) is 25.1 Å². The quantitative estimate of drug-likeness (QED) is 0.896. The highest BCUT2D eigenvalue weighted by molar-refractivity contribution is 7.99. The van der Waals surface area contributed by atoms with Crippen LogP contribution in [0.4, 0.5) is 10.1 Å². The Bertz CT molecular complexity index is 607. The highest BCUT2D eigenvalue weighted by Crippen LogP contribution is 2.21. The van der Waals surface area contributed by atoms with E-state index in [1.165, 1.54) is 12.1 Å². The number of likely N-dealkylation sites (tertiary alicyclic amines) is 1. The Kier molecular flexibility index (Phi) is 5.73. The number of amides is 2. The second-order valence-corrected chi connectivity index (χ2v) is 7.41. The highest BCUT2D eigenvalue weighted by Gasteiger charge is 2.32. The van der Waals surface area contributed by atoms with E-state index < -0.39 is 5.82 Å². The van der Waals surface area contributed by atoms with Crippen LogP contribution in [0.15, 0.2) is 24.3 Å². The van der Waals surface area contributed by atoms with E-state index in [9.17, 15) is 14.0 Å². The lowest BCUT2D eigenvalue weighted by atomic mass is 10.1. The number of hydrogen-bond donors (Lipinski definition) is 1. The van der Waals surface area contributed by atoms with Crippen LogP contribution in [0, 0.1) is 11.7 Å². The number of para-hydroxylation sites is 1. The zero-order valence-electron chi connectivity index (χ0n) is 13.5. The minimum Gasteiger partial charge on any atom is -0.341 e. The van der Waals surface area contributed by atoms with Crippen LogP contribution < -0.4 is 5.32 Å². The largest absolute Gasteiger partial charge is 0.341 e. The van der Waals surface area contributed by atoms with Gasteiger partial charge in [-0.25, -0.2) is 4.39 Å². The second kappa shape index (κ2) is 7.98. The van der Waals surface area contributed by atoms with Crippen LogP contribution in [0.2, 0.25) is 0 Å². The lowest BCUT2D eigenvalue weighted by Crippen LogP contribution is -2.42. The number of nitrogens with zero attached hydrogens (tertiary/aromatic N) is 2. The molecule has 0 spiro atoms. The molecule has 0 saturated carbocycles. The molecule has 1 unspecified atom stereocenters. The molecule has 0 aromatic heterocycles. The molecule has 0 aliphatic carbocycles. The number of benzene rings is 1. The van der Waals surface area contributed by atoms with E-state index in [1.54, 1.807) is 12.1 Å². The average Bonchev–Trinajstić information content (AvgIpc) is 3.05. The first-order valence-corrected chi connectivity index (χ1v) is 9.42. The molecule has 1 atom stereocenters. The Morgan fingerprint density at radius 2 is 1.96 bits per heavy atom. The van der Waals surface area contributed by atoms with Gasteiger partial charge in [-0.15, -0.1) is 0 Å². The van der Waals surface area contributed by atoms with Crippen molar-refractivity contribution < 1.29 is 14.0 Å². The first-order chi connectivity index (χ1) is 11.6. The molecule has 7 heteroatoms. The molecular weight excluding hydrogens is 329 g/mol. The monoisotopic (exact) mass is 351 g/mol. The number of carbonyl (C=O) groups excluding carboxylic acids is 2. The van der Waals surface area contributed by atoms with E-state index in [-0.39, 0.29) is 30.0 Å². The Morgan fingerprint density at radius 3 is 2.71 bits per heavy atom. The summed E-state index contributed by atoms with van der Waals surface area (Å²) < 4.78 is 13.6. The van der Waals surface area contributed by atoms with Crippen molar-refractivity contribution in [3.05, 3.63) is 30.1 Å². The van der Waals surface area contributed by atoms with E-state index in [1.807, 2.05) is 21.6 Å². The first-order valence-electron chi connectivity index (χ1n) is 8.27. The van der Waals surface area contributed by atoms with Gasteiger partial charge in [0.25, 0.3) is 0 Å². The summed E-state index contributed by atoms with van der Waals surface area (Å²) in [5.41, 5.74) is 0.195. The minimum atomic E-state index is -0.441. The van der Waals surface area contributed by atoms with Crippen molar-refractivity contribution in [2.75, 3.05) is 49.5 Å². The average molecular weight is 351 g/mol. The summed E-state index contributed by atoms with van der Waals surface area (Å²) in [6, 6.07) is 6.12. The molecule has 2 aliphatic rings. The summed E-state index contributed by atoms with van der Waals surface area (Å²) in [6.07, 6.45) is 0.787. The smallest absolute Gasteiger partial charge is 0.238 e. The van der Waals surface area contributed by atoms with Gasteiger partial charge in [0.05, 0.1) is 18.2 Å². The summed E-state index contributed by atoms with van der Waals surface area (Å²) >= 11 is 1.88. The molecule has 1 aromatic carbocycles. The van der Waals surface area contributed by atoms with Crippen LogP contribution in [0.1, 0.15) is 6.42 Å². The van der Waals surface area contributed by atoms with Crippen LogP contribution in [0.3, 0.4) is 0 Å². The number of nitrogens with one attached hydrogen (secondary N) is 1. The molecule has 2 heterocycles. The van der Waals surface area contributed by atoms with E-state index >= 15 is 0 Å². The maximum absolute atomic E-state index is 13.6. The van der Waals surface area contributed by atoms with E-state index in [0.29, 0.717) is 6.54 Å². The van der Waals surface area contributed by atoms with Gasteiger partial charge in [0.15, 0.2) is 0 Å². The van der Waals surface area contributed by atoms with Crippen molar-refractivity contribution in [1.82, 2.24) is 9.80 Å². The van der Waals surface area contributed by atoms with Gasteiger partial charge in [0.1, 0.15) is 5.82 Å². The van der Waals surface area contributed by atoms with Gasteiger partial charge in [-0.3, -0.25) is 14.5 Å². The van der Waals surface area contributed by atoms with Crippen molar-refractivity contribution in [3.8, 4) is 0 Å². The van der Waals surface area contributed by atoms with Gasteiger partial charge in [-0.1, -0.05) is 12.1 Å². The Hall–Kier alpha value is -1.60. The van der Waals surface area contributed by atoms with Crippen molar-refractivity contribution >= 4 is 29.3 Å². The van der Waals surface area contributed by atoms with Gasteiger partial charge in [0.2, 0.25) is 11.8 Å². The molecule has 3 rings (SSSR count). The van der Waals surface area contributed by atoms with E-state index in [0.717, 1.165) is 37.6 Å². The van der Waals surface area contributed by atoms with Gasteiger partial charge in [0, 0.05) is 31.1 Å². The fraction of sp³-hybridized carbons (Fsp3) is 0.529. The number of carbonyl (C=O) groups is 2. The molecule has 5 nitrogen and oxygen atoms in total. The van der Waals surface area contributed by atoms with Crippen molar-refractivity contribution in [2.45, 2.75) is 6.42 Å². The van der Waals surface area contributed by atoms with Crippen LogP contribution in [0.5, 0.6) is 0 Å². The molecule has 2 saturated heterocycles. The van der Waals surface area contributed by atoms with Crippen LogP contribution in [-0.4, -0.2) is 65.8 Å². The third-order valence-corrected chi connectivity index (χ3v) is 5.40. The topological polar surface area (TPSA) is 52.7 Å². The van der Waals surface area contributed by atoms with Gasteiger partial charge < -0.3 is 10.2 Å². The third kappa shape index (κ3) is 4.27. The second-order valence-electron chi connectivity index (χ2n) is 6.19. The Labute approximate surface area is 145 Å². The number of halogens is 1. The molecule has 0 bridgehead atoms. The number of thioether (sulfide) groups is 1. The van der Waals surface area contributed by atoms with Crippen LogP contribution in [0.25, 0.3) is 0 Å². The molecule has 130 valence electrons. The first kappa shape index (κ1) is 17.2. The zero-order valence-corrected chi connectivity index (χ0v) is 14.4. The highest BCUT2D eigenvalue weighted by atomic mass is 32.2. The zero-order chi connectivity index (χ0) is 16.9. The molecule has 1 aromatic rings. The van der Waals surface area contributed by atoms with Crippen LogP contribution >= 0.6 is 11.8 Å².